The summed E-state index contributed by atoms with van der Waals surface area (Å²) >= 11 is 1.57. The molecule has 100 valence electrons. The van der Waals surface area contributed by atoms with E-state index in [1.165, 1.54) is 18.4 Å². The van der Waals surface area contributed by atoms with Crippen LogP contribution in [0.1, 0.15) is 18.4 Å². The highest BCUT2D eigenvalue weighted by molar-refractivity contribution is 7.13. The molecule has 2 heterocycles. The van der Waals surface area contributed by atoms with E-state index in [1.54, 1.807) is 16.8 Å². The number of nitrogens with zero attached hydrogens (tertiary/aromatic N) is 3. The first-order valence-corrected chi connectivity index (χ1v) is 7.57. The number of benzene rings is 1. The Balaban J connectivity index is 1.47. The maximum Gasteiger partial charge on any atom is 0.205 e. The predicted octanol–water partition coefficient (Wildman–Crippen LogP) is 2.61. The van der Waals surface area contributed by atoms with Crippen LogP contribution >= 0.6 is 11.3 Å². The summed E-state index contributed by atoms with van der Waals surface area (Å²) in [5.41, 5.74) is 3.17. The normalized spacial score (nSPS) is 17.5. The van der Waals surface area contributed by atoms with Crippen LogP contribution in [-0.2, 0) is 6.54 Å². The molecule has 1 aliphatic rings. The van der Waals surface area contributed by atoms with Crippen LogP contribution in [0.5, 0.6) is 0 Å². The summed E-state index contributed by atoms with van der Waals surface area (Å²) in [5.74, 6) is 0. The van der Waals surface area contributed by atoms with Gasteiger partial charge < -0.3 is 5.32 Å². The van der Waals surface area contributed by atoms with Crippen molar-refractivity contribution < 1.29 is 0 Å². The van der Waals surface area contributed by atoms with Crippen molar-refractivity contribution in [2.45, 2.75) is 25.4 Å². The Hall–Kier alpha value is -1.46. The van der Waals surface area contributed by atoms with Crippen LogP contribution in [0.4, 0.5) is 5.13 Å². The first-order valence-electron chi connectivity index (χ1n) is 6.69. The van der Waals surface area contributed by atoms with Crippen molar-refractivity contribution in [2.24, 2.45) is 0 Å². The molecule has 2 aromatic rings. The number of nitrogens with one attached hydrogen (secondary N) is 1. The van der Waals surface area contributed by atoms with E-state index in [9.17, 15) is 0 Å². The molecule has 0 amide bonds. The number of piperidine rings is 1. The van der Waals surface area contributed by atoms with Gasteiger partial charge in [-0.3, -0.25) is 4.90 Å². The Kier molecular flexibility index (Phi) is 4.05. The van der Waals surface area contributed by atoms with Gasteiger partial charge in [0.25, 0.3) is 0 Å². The largest absolute Gasteiger partial charge is 0.357 e. The Morgan fingerprint density at radius 3 is 2.68 bits per heavy atom. The van der Waals surface area contributed by atoms with E-state index in [4.69, 9.17) is 0 Å². The van der Waals surface area contributed by atoms with Gasteiger partial charge in [0.15, 0.2) is 0 Å². The number of hydrogen-bond acceptors (Lipinski definition) is 5. The highest BCUT2D eigenvalue weighted by Gasteiger charge is 2.19. The third-order valence-corrected chi connectivity index (χ3v) is 4.15. The molecule has 1 aromatic heterocycles. The average Bonchev–Trinajstić information content (AvgIpc) is 2.95. The molecule has 0 atom stereocenters. The molecule has 1 saturated heterocycles. The van der Waals surface area contributed by atoms with Crippen molar-refractivity contribution in [1.82, 2.24) is 15.1 Å². The topological polar surface area (TPSA) is 41.0 Å². The second-order valence-corrected chi connectivity index (χ2v) is 5.76. The van der Waals surface area contributed by atoms with E-state index in [-0.39, 0.29) is 0 Å². The lowest BCUT2D eigenvalue weighted by atomic mass is 10.0. The summed E-state index contributed by atoms with van der Waals surface area (Å²) in [6.45, 7) is 3.35. The lowest BCUT2D eigenvalue weighted by Crippen LogP contribution is -2.38. The summed E-state index contributed by atoms with van der Waals surface area (Å²) in [7, 11) is 0. The molecule has 1 N–H and O–H groups in total. The fourth-order valence-corrected chi connectivity index (χ4v) is 3.01. The molecular formula is C14H18N4S. The van der Waals surface area contributed by atoms with E-state index < -0.39 is 0 Å². The van der Waals surface area contributed by atoms with Crippen molar-refractivity contribution >= 4 is 16.5 Å². The van der Waals surface area contributed by atoms with Gasteiger partial charge in [0.05, 0.1) is 0 Å². The zero-order chi connectivity index (χ0) is 12.9. The van der Waals surface area contributed by atoms with Crippen LogP contribution in [0.25, 0.3) is 0 Å². The fraction of sp³-hybridized carbons (Fsp3) is 0.429. The maximum atomic E-state index is 4.04. The van der Waals surface area contributed by atoms with Crippen molar-refractivity contribution in [1.29, 1.82) is 0 Å². The molecule has 4 nitrogen and oxygen atoms in total. The van der Waals surface area contributed by atoms with Gasteiger partial charge >= 0.3 is 0 Å². The molecule has 0 radical (unpaired) electrons. The number of anilines is 1. The average molecular weight is 274 g/mol. The monoisotopic (exact) mass is 274 g/mol. The van der Waals surface area contributed by atoms with E-state index in [0.717, 1.165) is 24.8 Å². The van der Waals surface area contributed by atoms with Crippen LogP contribution in [0.2, 0.25) is 0 Å². The van der Waals surface area contributed by atoms with Gasteiger partial charge in [0, 0.05) is 25.7 Å². The minimum absolute atomic E-state index is 0.542. The molecule has 0 unspecified atom stereocenters. The third-order valence-electron chi connectivity index (χ3n) is 3.52. The van der Waals surface area contributed by atoms with Crippen LogP contribution in [0, 0.1) is 0 Å². The predicted molar refractivity (Wildman–Crippen MR) is 78.3 cm³/mol. The Labute approximate surface area is 117 Å². The fourth-order valence-electron chi connectivity index (χ4n) is 2.49. The molecule has 5 heteroatoms. The SMILES string of the molecule is c1ccc(CN2CCC(Nc3nncs3)CC2)cc1. The number of rotatable bonds is 4. The highest BCUT2D eigenvalue weighted by Crippen LogP contribution is 2.18. The van der Waals surface area contributed by atoms with E-state index in [1.807, 2.05) is 0 Å². The van der Waals surface area contributed by atoms with Crippen molar-refractivity contribution in [3.05, 3.63) is 41.4 Å². The molecule has 1 fully saturated rings. The van der Waals surface area contributed by atoms with Crippen molar-refractivity contribution in [3.8, 4) is 0 Å². The molecule has 0 saturated carbocycles. The number of aromatic nitrogens is 2. The van der Waals surface area contributed by atoms with Gasteiger partial charge in [-0.15, -0.1) is 10.2 Å². The second-order valence-electron chi connectivity index (χ2n) is 4.92. The van der Waals surface area contributed by atoms with Gasteiger partial charge in [-0.05, 0) is 18.4 Å². The molecular weight excluding hydrogens is 256 g/mol. The molecule has 0 bridgehead atoms. The number of hydrogen-bond donors (Lipinski definition) is 1. The summed E-state index contributed by atoms with van der Waals surface area (Å²) in [6, 6.07) is 11.2. The van der Waals surface area contributed by atoms with Crippen LogP contribution in [0.3, 0.4) is 0 Å². The van der Waals surface area contributed by atoms with E-state index in [0.29, 0.717) is 6.04 Å². The van der Waals surface area contributed by atoms with Gasteiger partial charge in [0.2, 0.25) is 5.13 Å². The van der Waals surface area contributed by atoms with E-state index >= 15 is 0 Å². The molecule has 1 aromatic carbocycles. The van der Waals surface area contributed by atoms with E-state index in [2.05, 4.69) is 50.7 Å². The second kappa shape index (κ2) is 6.12. The Morgan fingerprint density at radius 2 is 2.00 bits per heavy atom. The quantitative estimate of drug-likeness (QED) is 0.930. The Bertz CT molecular complexity index is 477. The minimum Gasteiger partial charge on any atom is -0.357 e. The lowest BCUT2D eigenvalue weighted by Gasteiger charge is -2.32. The summed E-state index contributed by atoms with van der Waals surface area (Å²) in [4.78, 5) is 2.52. The lowest BCUT2D eigenvalue weighted by molar-refractivity contribution is 0.211. The smallest absolute Gasteiger partial charge is 0.205 e. The minimum atomic E-state index is 0.542. The zero-order valence-corrected chi connectivity index (χ0v) is 11.6. The molecule has 1 aliphatic heterocycles. The number of likely N-dealkylation sites (tertiary alicyclic amines) is 1. The zero-order valence-electron chi connectivity index (χ0n) is 10.8. The third kappa shape index (κ3) is 3.52. The molecule has 0 spiro atoms. The standard InChI is InChI=1S/C14H18N4S/c1-2-4-12(5-3-1)10-18-8-6-13(7-9-18)16-14-17-15-11-19-14/h1-5,11,13H,6-10H2,(H,16,17). The van der Waals surface area contributed by atoms with Gasteiger partial charge in [-0.25, -0.2) is 0 Å². The van der Waals surface area contributed by atoms with Gasteiger partial charge in [-0.1, -0.05) is 41.7 Å². The highest BCUT2D eigenvalue weighted by atomic mass is 32.1. The Morgan fingerprint density at radius 1 is 1.21 bits per heavy atom. The first kappa shape index (κ1) is 12.6. The van der Waals surface area contributed by atoms with Gasteiger partial charge in [0.1, 0.15) is 5.51 Å². The maximum absolute atomic E-state index is 4.04. The molecule has 0 aliphatic carbocycles. The summed E-state index contributed by atoms with van der Waals surface area (Å²) < 4.78 is 0. The van der Waals surface area contributed by atoms with Crippen LogP contribution < -0.4 is 5.32 Å². The van der Waals surface area contributed by atoms with Crippen molar-refractivity contribution in [2.75, 3.05) is 18.4 Å². The molecule has 19 heavy (non-hydrogen) atoms. The van der Waals surface area contributed by atoms with Crippen LogP contribution in [0.15, 0.2) is 35.8 Å². The molecule has 3 rings (SSSR count). The summed E-state index contributed by atoms with van der Waals surface area (Å²) in [5, 5.41) is 12.3. The van der Waals surface area contributed by atoms with Crippen LogP contribution in [-0.4, -0.2) is 34.2 Å². The van der Waals surface area contributed by atoms with Gasteiger partial charge in [-0.2, -0.15) is 0 Å². The first-order chi connectivity index (χ1) is 9.40. The van der Waals surface area contributed by atoms with Crippen molar-refractivity contribution in [3.63, 3.8) is 0 Å². The summed E-state index contributed by atoms with van der Waals surface area (Å²) in [6.07, 6.45) is 2.35.